The van der Waals surface area contributed by atoms with Gasteiger partial charge in [0, 0.05) is 29.2 Å². The quantitative estimate of drug-likeness (QED) is 0.553. The third-order valence-corrected chi connectivity index (χ3v) is 4.33. The monoisotopic (exact) mass is 398 g/mol. The Kier molecular flexibility index (Phi) is 5.70. The summed E-state index contributed by atoms with van der Waals surface area (Å²) in [7, 11) is 0. The molecular weight excluding hydrogens is 379 g/mol. The molecule has 0 spiro atoms. The molecule has 3 N–H and O–H groups in total. The second kappa shape index (κ2) is 8.18. The van der Waals surface area contributed by atoms with E-state index in [0.29, 0.717) is 21.8 Å². The molecule has 3 rings (SSSR count). The molecule has 0 aliphatic heterocycles. The second-order valence-corrected chi connectivity index (χ2v) is 6.85. The number of amides is 2. The molecule has 2 amide bonds. The van der Waals surface area contributed by atoms with Gasteiger partial charge >= 0.3 is 0 Å². The van der Waals surface area contributed by atoms with Gasteiger partial charge in [0.1, 0.15) is 11.5 Å². The number of hydrogen-bond acceptors (Lipinski definition) is 3. The van der Waals surface area contributed by atoms with Gasteiger partial charge in [0.25, 0.3) is 5.91 Å². The molecule has 3 aromatic rings. The van der Waals surface area contributed by atoms with Gasteiger partial charge in [-0.3, -0.25) is 14.2 Å². The van der Waals surface area contributed by atoms with Gasteiger partial charge in [-0.15, -0.1) is 0 Å². The van der Waals surface area contributed by atoms with Gasteiger partial charge in [-0.2, -0.15) is 0 Å². The fourth-order valence-corrected chi connectivity index (χ4v) is 2.76. The van der Waals surface area contributed by atoms with Crippen LogP contribution in [-0.4, -0.2) is 21.4 Å². The summed E-state index contributed by atoms with van der Waals surface area (Å²) >= 11 is 5.24. The maximum Gasteiger partial charge on any atom is 0.274 e. The second-order valence-electron chi connectivity index (χ2n) is 6.47. The van der Waals surface area contributed by atoms with Crippen molar-refractivity contribution >= 4 is 35.4 Å². The molecular formula is C20H19FN4O2S. The number of nitrogens with one attached hydrogen (secondary N) is 3. The van der Waals surface area contributed by atoms with Crippen molar-refractivity contribution in [2.24, 2.45) is 5.92 Å². The number of anilines is 2. The van der Waals surface area contributed by atoms with E-state index in [1.54, 1.807) is 36.4 Å². The average molecular weight is 398 g/mol. The number of carbonyl (C=O) groups excluding carboxylic acids is 2. The Bertz CT molecular complexity index is 1050. The lowest BCUT2D eigenvalue weighted by atomic mass is 10.2. The van der Waals surface area contributed by atoms with Crippen LogP contribution in [0.4, 0.5) is 15.8 Å². The lowest BCUT2D eigenvalue weighted by Crippen LogP contribution is -2.18. The number of rotatable bonds is 5. The molecule has 0 radical (unpaired) electrons. The first kappa shape index (κ1) is 19.5. The molecule has 0 fully saturated rings. The summed E-state index contributed by atoms with van der Waals surface area (Å²) in [6, 6.07) is 12.5. The van der Waals surface area contributed by atoms with E-state index in [-0.39, 0.29) is 29.2 Å². The van der Waals surface area contributed by atoms with E-state index in [4.69, 9.17) is 12.2 Å². The zero-order valence-corrected chi connectivity index (χ0v) is 16.1. The summed E-state index contributed by atoms with van der Waals surface area (Å²) in [4.78, 5) is 27.3. The summed E-state index contributed by atoms with van der Waals surface area (Å²) in [5, 5.41) is 5.57. The highest BCUT2D eigenvalue weighted by atomic mass is 32.1. The SMILES string of the molecule is CC(C)C(=O)Nc1ccc(NC(=O)c2c[nH]c(=S)n2-c2ccc(F)cc2)cc1. The highest BCUT2D eigenvalue weighted by Crippen LogP contribution is 2.18. The Balaban J connectivity index is 1.78. The van der Waals surface area contributed by atoms with Crippen molar-refractivity contribution < 1.29 is 14.0 Å². The molecule has 0 bridgehead atoms. The molecule has 144 valence electrons. The van der Waals surface area contributed by atoms with Gasteiger partial charge in [-0.05, 0) is 60.7 Å². The third kappa shape index (κ3) is 4.34. The normalized spacial score (nSPS) is 10.7. The summed E-state index contributed by atoms with van der Waals surface area (Å²) in [6.45, 7) is 3.62. The standard InChI is InChI=1S/C20H19FN4O2S/c1-12(2)18(26)23-14-5-7-15(8-6-14)24-19(27)17-11-22-20(28)25(17)16-9-3-13(21)4-10-16/h3-12H,1-2H3,(H,22,28)(H,23,26)(H,24,27). The number of carbonyl (C=O) groups is 2. The molecule has 1 aromatic heterocycles. The predicted molar refractivity (Wildman–Crippen MR) is 109 cm³/mol. The van der Waals surface area contributed by atoms with Gasteiger partial charge in [-0.25, -0.2) is 4.39 Å². The molecule has 28 heavy (non-hydrogen) atoms. The van der Waals surface area contributed by atoms with Gasteiger partial charge in [-0.1, -0.05) is 13.8 Å². The molecule has 0 saturated heterocycles. The molecule has 2 aromatic carbocycles. The van der Waals surface area contributed by atoms with E-state index in [1.807, 2.05) is 13.8 Å². The fourth-order valence-electron chi connectivity index (χ4n) is 2.50. The fraction of sp³-hybridized carbons (Fsp3) is 0.150. The number of aromatic amines is 1. The van der Waals surface area contributed by atoms with E-state index >= 15 is 0 Å². The van der Waals surface area contributed by atoms with E-state index in [2.05, 4.69) is 15.6 Å². The van der Waals surface area contributed by atoms with Crippen LogP contribution in [0.3, 0.4) is 0 Å². The predicted octanol–water partition coefficient (Wildman–Crippen LogP) is 4.52. The van der Waals surface area contributed by atoms with Crippen LogP contribution in [0.1, 0.15) is 24.3 Å². The number of benzene rings is 2. The van der Waals surface area contributed by atoms with Crippen LogP contribution in [0.15, 0.2) is 54.7 Å². The smallest absolute Gasteiger partial charge is 0.274 e. The first-order valence-electron chi connectivity index (χ1n) is 8.64. The van der Waals surface area contributed by atoms with Crippen LogP contribution in [0, 0.1) is 16.5 Å². The third-order valence-electron chi connectivity index (χ3n) is 4.03. The minimum atomic E-state index is -0.379. The minimum Gasteiger partial charge on any atom is -0.336 e. The van der Waals surface area contributed by atoms with Crippen molar-refractivity contribution in [2.45, 2.75) is 13.8 Å². The Morgan fingerprint density at radius 3 is 2.14 bits per heavy atom. The lowest BCUT2D eigenvalue weighted by Gasteiger charge is -2.11. The van der Waals surface area contributed by atoms with Crippen LogP contribution in [0.5, 0.6) is 0 Å². The zero-order chi connectivity index (χ0) is 20.3. The van der Waals surface area contributed by atoms with E-state index in [0.717, 1.165) is 0 Å². The Morgan fingerprint density at radius 2 is 1.57 bits per heavy atom. The topological polar surface area (TPSA) is 78.9 Å². The summed E-state index contributed by atoms with van der Waals surface area (Å²) in [5.41, 5.74) is 2.07. The van der Waals surface area contributed by atoms with E-state index < -0.39 is 0 Å². The van der Waals surface area contributed by atoms with Crippen molar-refractivity contribution in [1.82, 2.24) is 9.55 Å². The molecule has 0 unspecified atom stereocenters. The Morgan fingerprint density at radius 1 is 1.00 bits per heavy atom. The molecule has 8 heteroatoms. The zero-order valence-electron chi connectivity index (χ0n) is 15.3. The molecule has 0 saturated carbocycles. The number of imidazole rings is 1. The highest BCUT2D eigenvalue weighted by Gasteiger charge is 2.15. The van der Waals surface area contributed by atoms with Crippen LogP contribution in [0.2, 0.25) is 0 Å². The molecule has 0 aliphatic rings. The van der Waals surface area contributed by atoms with Crippen molar-refractivity contribution in [3.05, 3.63) is 71.0 Å². The first-order chi connectivity index (χ1) is 13.3. The van der Waals surface area contributed by atoms with Crippen LogP contribution < -0.4 is 10.6 Å². The van der Waals surface area contributed by atoms with E-state index in [9.17, 15) is 14.0 Å². The summed E-state index contributed by atoms with van der Waals surface area (Å²) in [6.07, 6.45) is 1.50. The maximum absolute atomic E-state index is 13.2. The number of H-pyrrole nitrogens is 1. The Hall–Kier alpha value is -3.26. The molecule has 6 nitrogen and oxygen atoms in total. The van der Waals surface area contributed by atoms with Gasteiger partial charge < -0.3 is 15.6 Å². The van der Waals surface area contributed by atoms with Crippen molar-refractivity contribution in [3.8, 4) is 5.69 Å². The number of aromatic nitrogens is 2. The van der Waals surface area contributed by atoms with Crippen LogP contribution in [0.25, 0.3) is 5.69 Å². The minimum absolute atomic E-state index is 0.0811. The lowest BCUT2D eigenvalue weighted by molar-refractivity contribution is -0.118. The number of hydrogen-bond donors (Lipinski definition) is 3. The van der Waals surface area contributed by atoms with Gasteiger partial charge in [0.2, 0.25) is 5.91 Å². The van der Waals surface area contributed by atoms with Crippen molar-refractivity contribution in [3.63, 3.8) is 0 Å². The maximum atomic E-state index is 13.2. The number of halogens is 1. The van der Waals surface area contributed by atoms with Crippen LogP contribution in [-0.2, 0) is 4.79 Å². The Labute approximate surface area is 166 Å². The van der Waals surface area contributed by atoms with Gasteiger partial charge in [0.15, 0.2) is 4.77 Å². The highest BCUT2D eigenvalue weighted by molar-refractivity contribution is 7.71. The summed E-state index contributed by atoms with van der Waals surface area (Å²) in [5.74, 6) is -0.956. The largest absolute Gasteiger partial charge is 0.336 e. The molecule has 0 atom stereocenters. The van der Waals surface area contributed by atoms with E-state index in [1.165, 1.54) is 22.9 Å². The molecule has 1 heterocycles. The first-order valence-corrected chi connectivity index (χ1v) is 9.04. The van der Waals surface area contributed by atoms with Gasteiger partial charge in [0.05, 0.1) is 0 Å². The summed E-state index contributed by atoms with van der Waals surface area (Å²) < 4.78 is 15.0. The molecule has 0 aliphatic carbocycles. The average Bonchev–Trinajstić information content (AvgIpc) is 3.05. The number of nitrogens with zero attached hydrogens (tertiary/aromatic N) is 1. The van der Waals surface area contributed by atoms with Crippen molar-refractivity contribution in [1.29, 1.82) is 0 Å². The van der Waals surface area contributed by atoms with Crippen LogP contribution >= 0.6 is 12.2 Å². The van der Waals surface area contributed by atoms with Crippen molar-refractivity contribution in [2.75, 3.05) is 10.6 Å².